The number of carbonyl (C=O) groups excluding carboxylic acids is 1. The van der Waals surface area contributed by atoms with Gasteiger partial charge in [-0.3, -0.25) is 4.79 Å². The molecule has 1 aliphatic heterocycles. The lowest BCUT2D eigenvalue weighted by atomic mass is 10.1. The fourth-order valence-electron chi connectivity index (χ4n) is 2.93. The largest absolute Gasteiger partial charge is 0.368 e. The van der Waals surface area contributed by atoms with Gasteiger partial charge in [-0.15, -0.1) is 0 Å². The van der Waals surface area contributed by atoms with Gasteiger partial charge in [0, 0.05) is 49.1 Å². The summed E-state index contributed by atoms with van der Waals surface area (Å²) in [5.41, 5.74) is 5.70. The molecule has 7 heteroatoms. The molecule has 1 fully saturated rings. The first-order valence-corrected chi connectivity index (χ1v) is 7.06. The maximum absolute atomic E-state index is 14.0. The molecule has 0 atom stereocenters. The first-order valence-electron chi connectivity index (χ1n) is 7.06. The van der Waals surface area contributed by atoms with Gasteiger partial charge in [-0.25, -0.2) is 4.39 Å². The minimum atomic E-state index is -3.09. The molecule has 0 radical (unpaired) electrons. The highest BCUT2D eigenvalue weighted by Crippen LogP contribution is 2.44. The summed E-state index contributed by atoms with van der Waals surface area (Å²) >= 11 is 0. The lowest BCUT2D eigenvalue weighted by molar-refractivity contribution is -0.130. The smallest absolute Gasteiger partial charge is 0.294 e. The van der Waals surface area contributed by atoms with Gasteiger partial charge in [0.15, 0.2) is 0 Å². The van der Waals surface area contributed by atoms with Crippen LogP contribution in [-0.4, -0.2) is 48.4 Å². The normalized spacial score (nSPS) is 19.9. The predicted octanol–water partition coefficient (Wildman–Crippen LogP) is 1.37. The maximum atomic E-state index is 14.0. The minimum absolute atomic E-state index is 0.0607. The highest BCUT2D eigenvalue weighted by atomic mass is 19.3. The Balaban J connectivity index is 1.83. The van der Waals surface area contributed by atoms with Crippen molar-refractivity contribution in [2.75, 3.05) is 32.7 Å². The molecule has 2 aliphatic rings. The summed E-state index contributed by atoms with van der Waals surface area (Å²) in [7, 11) is 0. The van der Waals surface area contributed by atoms with Crippen LogP contribution in [0.5, 0.6) is 0 Å². The molecule has 1 saturated heterocycles. The first kappa shape index (κ1) is 14.9. The molecule has 0 bridgehead atoms. The van der Waals surface area contributed by atoms with Crippen molar-refractivity contribution >= 4 is 11.6 Å². The molecular weight excluding hydrogens is 295 g/mol. The van der Waals surface area contributed by atoms with Crippen LogP contribution in [0.4, 0.5) is 13.2 Å². The fraction of sp³-hybridized carbons (Fsp3) is 0.400. The second-order valence-corrected chi connectivity index (χ2v) is 5.41. The van der Waals surface area contributed by atoms with Crippen LogP contribution in [0.25, 0.3) is 5.70 Å². The molecule has 0 saturated carbocycles. The summed E-state index contributed by atoms with van der Waals surface area (Å²) in [6, 6.07) is 3.31. The molecule has 1 aliphatic carbocycles. The van der Waals surface area contributed by atoms with Gasteiger partial charge in [-0.1, -0.05) is 0 Å². The molecule has 0 spiro atoms. The summed E-state index contributed by atoms with van der Waals surface area (Å²) in [6.07, 6.45) is 0.873. The van der Waals surface area contributed by atoms with Gasteiger partial charge in [0.1, 0.15) is 5.82 Å². The van der Waals surface area contributed by atoms with E-state index < -0.39 is 11.7 Å². The molecule has 0 unspecified atom stereocenters. The van der Waals surface area contributed by atoms with Gasteiger partial charge in [0.05, 0.1) is 6.54 Å². The zero-order chi connectivity index (χ0) is 15.9. The number of rotatable bonds is 2. The van der Waals surface area contributed by atoms with E-state index in [2.05, 4.69) is 0 Å². The van der Waals surface area contributed by atoms with E-state index in [1.54, 1.807) is 9.80 Å². The number of piperazine rings is 1. The van der Waals surface area contributed by atoms with Crippen LogP contribution in [0.2, 0.25) is 0 Å². The van der Waals surface area contributed by atoms with Crippen molar-refractivity contribution in [3.05, 3.63) is 41.2 Å². The Kier molecular flexibility index (Phi) is 3.60. The maximum Gasteiger partial charge on any atom is 0.294 e. The topological polar surface area (TPSA) is 49.6 Å². The van der Waals surface area contributed by atoms with E-state index in [1.807, 2.05) is 0 Å². The van der Waals surface area contributed by atoms with E-state index in [1.165, 1.54) is 0 Å². The minimum Gasteiger partial charge on any atom is -0.368 e. The van der Waals surface area contributed by atoms with Gasteiger partial charge in [-0.2, -0.15) is 8.78 Å². The Morgan fingerprint density at radius 3 is 2.55 bits per heavy atom. The Labute approximate surface area is 126 Å². The number of amides is 1. The molecule has 0 aromatic heterocycles. The number of nitrogens with two attached hydrogens (primary N) is 1. The lowest BCUT2D eigenvalue weighted by Gasteiger charge is -2.36. The molecular formula is C15H16F3N3O. The van der Waals surface area contributed by atoms with Gasteiger partial charge in [0.25, 0.3) is 5.92 Å². The predicted molar refractivity (Wildman–Crippen MR) is 75.5 cm³/mol. The van der Waals surface area contributed by atoms with Crippen molar-refractivity contribution in [3.8, 4) is 0 Å². The van der Waals surface area contributed by atoms with E-state index in [9.17, 15) is 18.0 Å². The zero-order valence-electron chi connectivity index (χ0n) is 11.9. The molecule has 1 amide bonds. The third-order valence-corrected chi connectivity index (χ3v) is 4.08. The van der Waals surface area contributed by atoms with Crippen molar-refractivity contribution in [1.82, 2.24) is 9.80 Å². The second-order valence-electron chi connectivity index (χ2n) is 5.41. The van der Waals surface area contributed by atoms with E-state index in [4.69, 9.17) is 5.73 Å². The Morgan fingerprint density at radius 1 is 1.23 bits per heavy atom. The van der Waals surface area contributed by atoms with Crippen molar-refractivity contribution in [1.29, 1.82) is 0 Å². The quantitative estimate of drug-likeness (QED) is 0.897. The lowest BCUT2D eigenvalue weighted by Crippen LogP contribution is -2.49. The fourth-order valence-corrected chi connectivity index (χ4v) is 2.93. The number of nitrogens with zero attached hydrogens (tertiary/aromatic N) is 2. The number of benzene rings is 1. The Hall–Kier alpha value is -2.02. The van der Waals surface area contributed by atoms with Crippen LogP contribution in [0, 0.1) is 5.82 Å². The summed E-state index contributed by atoms with van der Waals surface area (Å²) in [6.45, 7) is 1.62. The Bertz CT molecular complexity index is 637. The van der Waals surface area contributed by atoms with Crippen LogP contribution in [0.3, 0.4) is 0 Å². The highest BCUT2D eigenvalue weighted by Gasteiger charge is 2.40. The summed E-state index contributed by atoms with van der Waals surface area (Å²) in [5.74, 6) is -3.79. The number of hydrogen-bond donors (Lipinski definition) is 1. The molecule has 2 N–H and O–H groups in total. The van der Waals surface area contributed by atoms with Gasteiger partial charge in [-0.05, 0) is 18.2 Å². The second kappa shape index (κ2) is 5.31. The average Bonchev–Trinajstić information content (AvgIpc) is 2.77. The first-order chi connectivity index (χ1) is 10.4. The molecule has 118 valence electrons. The average molecular weight is 311 g/mol. The van der Waals surface area contributed by atoms with Crippen molar-refractivity contribution in [2.45, 2.75) is 5.92 Å². The van der Waals surface area contributed by atoms with Crippen molar-refractivity contribution in [2.24, 2.45) is 5.73 Å². The summed E-state index contributed by atoms with van der Waals surface area (Å²) < 4.78 is 41.5. The van der Waals surface area contributed by atoms with E-state index >= 15 is 0 Å². The van der Waals surface area contributed by atoms with Crippen molar-refractivity contribution in [3.63, 3.8) is 0 Å². The van der Waals surface area contributed by atoms with Crippen molar-refractivity contribution < 1.29 is 18.0 Å². The zero-order valence-corrected chi connectivity index (χ0v) is 11.9. The van der Waals surface area contributed by atoms with E-state index in [0.717, 1.165) is 24.3 Å². The molecule has 4 nitrogen and oxygen atoms in total. The van der Waals surface area contributed by atoms with Gasteiger partial charge < -0.3 is 15.5 Å². The summed E-state index contributed by atoms with van der Waals surface area (Å²) in [4.78, 5) is 14.9. The number of carbonyl (C=O) groups is 1. The monoisotopic (exact) mass is 311 g/mol. The number of fused-ring (bicyclic) bond motifs is 1. The number of alkyl halides is 2. The standard InChI is InChI=1S/C15H16F3N3O/c16-10-1-2-12-11(7-10)13(8-15(12,17)18)20-3-5-21(6-4-20)14(22)9-19/h1-2,7-8H,3-6,9,19H2. The Morgan fingerprint density at radius 2 is 1.91 bits per heavy atom. The molecule has 22 heavy (non-hydrogen) atoms. The van der Waals surface area contributed by atoms with E-state index in [-0.39, 0.29) is 23.6 Å². The molecule has 1 aromatic rings. The van der Waals surface area contributed by atoms with Gasteiger partial charge in [0.2, 0.25) is 5.91 Å². The number of allylic oxidation sites excluding steroid dienone is 1. The van der Waals surface area contributed by atoms with Crippen LogP contribution < -0.4 is 5.73 Å². The van der Waals surface area contributed by atoms with Crippen LogP contribution in [0.1, 0.15) is 11.1 Å². The number of halogens is 3. The van der Waals surface area contributed by atoms with Gasteiger partial charge >= 0.3 is 0 Å². The third-order valence-electron chi connectivity index (χ3n) is 4.08. The van der Waals surface area contributed by atoms with Crippen LogP contribution >= 0.6 is 0 Å². The third kappa shape index (κ3) is 2.45. The molecule has 1 heterocycles. The van der Waals surface area contributed by atoms with Crippen LogP contribution in [-0.2, 0) is 10.7 Å². The highest BCUT2D eigenvalue weighted by molar-refractivity contribution is 5.78. The SMILES string of the molecule is NCC(=O)N1CCN(C2=CC(F)(F)c3ccc(F)cc32)CC1. The van der Waals surface area contributed by atoms with E-state index in [0.29, 0.717) is 31.9 Å². The molecule has 3 rings (SSSR count). The number of hydrogen-bond acceptors (Lipinski definition) is 3. The summed E-state index contributed by atoms with van der Waals surface area (Å²) in [5, 5.41) is 0. The van der Waals surface area contributed by atoms with Crippen LogP contribution in [0.15, 0.2) is 24.3 Å². The molecule has 1 aromatic carbocycles.